The second-order valence-electron chi connectivity index (χ2n) is 6.40. The Morgan fingerprint density at radius 1 is 0.933 bits per heavy atom. The van der Waals surface area contributed by atoms with Crippen LogP contribution in [0.1, 0.15) is 11.5 Å². The largest absolute Gasteiger partial charge is 0.504 e. The molecule has 0 unspecified atom stereocenters. The number of anilines is 1. The summed E-state index contributed by atoms with van der Waals surface area (Å²) in [5.74, 6) is -2.48. The molecule has 7 nitrogen and oxygen atoms in total. The number of ether oxygens (including phenoxy) is 3. The van der Waals surface area contributed by atoms with Gasteiger partial charge in [0.2, 0.25) is 0 Å². The van der Waals surface area contributed by atoms with Crippen molar-refractivity contribution in [2.45, 2.75) is 5.92 Å². The van der Waals surface area contributed by atoms with Gasteiger partial charge in [0.15, 0.2) is 11.5 Å². The lowest BCUT2D eigenvalue weighted by Crippen LogP contribution is -2.28. The molecular weight excluding hydrogens is 393 g/mol. The Balaban J connectivity index is 2.19. The predicted octanol–water partition coefficient (Wildman–Crippen LogP) is 3.26. The van der Waals surface area contributed by atoms with Crippen LogP contribution in [-0.2, 0) is 19.1 Å². The molecule has 0 fully saturated rings. The van der Waals surface area contributed by atoms with Gasteiger partial charge in [-0.05, 0) is 42.0 Å². The maximum Gasteiger partial charge on any atom is 0.336 e. The molecule has 0 spiro atoms. The molecule has 0 amide bonds. The van der Waals surface area contributed by atoms with Gasteiger partial charge >= 0.3 is 11.9 Å². The van der Waals surface area contributed by atoms with Gasteiger partial charge in [0, 0.05) is 18.1 Å². The third-order valence-corrected chi connectivity index (χ3v) is 4.68. The molecule has 8 heteroatoms. The van der Waals surface area contributed by atoms with E-state index in [0.717, 1.165) is 0 Å². The number of esters is 2. The van der Waals surface area contributed by atoms with Gasteiger partial charge in [0.1, 0.15) is 5.82 Å². The maximum atomic E-state index is 13.3. The van der Waals surface area contributed by atoms with Gasteiger partial charge in [-0.3, -0.25) is 0 Å². The Bertz CT molecular complexity index is 994. The summed E-state index contributed by atoms with van der Waals surface area (Å²) in [4.78, 5) is 26.8. The van der Waals surface area contributed by atoms with E-state index in [9.17, 15) is 19.1 Å². The third-order valence-electron chi connectivity index (χ3n) is 4.68. The van der Waals surface area contributed by atoms with Crippen LogP contribution in [0.2, 0.25) is 0 Å². The summed E-state index contributed by atoms with van der Waals surface area (Å²) < 4.78 is 28.4. The van der Waals surface area contributed by atoms with Gasteiger partial charge < -0.3 is 24.2 Å². The first kappa shape index (κ1) is 20.9. The average Bonchev–Trinajstić information content (AvgIpc) is 2.78. The van der Waals surface area contributed by atoms with Crippen molar-refractivity contribution in [1.82, 2.24) is 0 Å². The van der Waals surface area contributed by atoms with Crippen LogP contribution < -0.4 is 9.64 Å². The molecule has 0 aliphatic carbocycles. The summed E-state index contributed by atoms with van der Waals surface area (Å²) in [7, 11) is 3.86. The highest BCUT2D eigenvalue weighted by Crippen LogP contribution is 2.41. The van der Waals surface area contributed by atoms with E-state index in [2.05, 4.69) is 0 Å². The van der Waals surface area contributed by atoms with Crippen molar-refractivity contribution in [1.29, 1.82) is 0 Å². The molecule has 1 aliphatic heterocycles. The van der Waals surface area contributed by atoms with Crippen molar-refractivity contribution >= 4 is 17.6 Å². The number of hydrogen-bond donors (Lipinski definition) is 1. The fourth-order valence-electron chi connectivity index (χ4n) is 3.23. The number of nitrogens with zero attached hydrogens (tertiary/aromatic N) is 1. The number of carbonyl (C=O) groups is 2. The third kappa shape index (κ3) is 3.98. The highest BCUT2D eigenvalue weighted by Gasteiger charge is 2.36. The summed E-state index contributed by atoms with van der Waals surface area (Å²) in [6, 6.07) is 10.1. The van der Waals surface area contributed by atoms with Gasteiger partial charge in [-0.1, -0.05) is 6.07 Å². The quantitative estimate of drug-likeness (QED) is 0.753. The Labute approximate surface area is 172 Å². The topological polar surface area (TPSA) is 85.3 Å². The fraction of sp³-hybridized carbons (Fsp3) is 0.182. The molecule has 0 atom stereocenters. The minimum absolute atomic E-state index is 0.0859. The molecule has 1 aliphatic rings. The van der Waals surface area contributed by atoms with Crippen molar-refractivity contribution in [3.8, 4) is 11.5 Å². The molecule has 0 saturated heterocycles. The predicted molar refractivity (Wildman–Crippen MR) is 106 cm³/mol. The first-order valence-corrected chi connectivity index (χ1v) is 8.90. The number of rotatable bonds is 5. The van der Waals surface area contributed by atoms with Gasteiger partial charge in [0.05, 0.1) is 38.4 Å². The Morgan fingerprint density at radius 3 is 2.00 bits per heavy atom. The minimum Gasteiger partial charge on any atom is -0.504 e. The summed E-state index contributed by atoms with van der Waals surface area (Å²) in [6.07, 6.45) is 3.02. The SMILES string of the molecule is COC(=O)C1=CN(c2ccc(F)cc2)C=C(C(=O)OC)C1c1ccc(O)c(OC)c1. The smallest absolute Gasteiger partial charge is 0.336 e. The summed E-state index contributed by atoms with van der Waals surface area (Å²) in [6.45, 7) is 0. The number of phenols is 1. The van der Waals surface area contributed by atoms with Crippen LogP contribution in [0, 0.1) is 5.82 Å². The van der Waals surface area contributed by atoms with Gasteiger partial charge in [0.25, 0.3) is 0 Å². The zero-order valence-electron chi connectivity index (χ0n) is 16.6. The second-order valence-corrected chi connectivity index (χ2v) is 6.40. The monoisotopic (exact) mass is 413 g/mol. The summed E-state index contributed by atoms with van der Waals surface area (Å²) >= 11 is 0. The van der Waals surface area contributed by atoms with Crippen molar-refractivity contribution in [2.75, 3.05) is 26.2 Å². The first-order chi connectivity index (χ1) is 14.4. The zero-order chi connectivity index (χ0) is 21.8. The Hall–Kier alpha value is -3.81. The van der Waals surface area contributed by atoms with Crippen LogP contribution >= 0.6 is 0 Å². The molecule has 3 rings (SSSR count). The second kappa shape index (κ2) is 8.69. The molecule has 30 heavy (non-hydrogen) atoms. The van der Waals surface area contributed by atoms with Crippen LogP contribution in [0.25, 0.3) is 0 Å². The van der Waals surface area contributed by atoms with Crippen LogP contribution in [0.3, 0.4) is 0 Å². The van der Waals surface area contributed by atoms with Crippen LogP contribution in [0.4, 0.5) is 10.1 Å². The van der Waals surface area contributed by atoms with Crippen molar-refractivity contribution in [3.05, 3.63) is 77.4 Å². The Kier molecular flexibility index (Phi) is 6.06. The van der Waals surface area contributed by atoms with Crippen LogP contribution in [0.15, 0.2) is 66.0 Å². The number of phenolic OH excluding ortho intramolecular Hbond substituents is 1. The van der Waals surface area contributed by atoms with E-state index in [0.29, 0.717) is 11.3 Å². The van der Waals surface area contributed by atoms with E-state index in [4.69, 9.17) is 14.2 Å². The fourth-order valence-corrected chi connectivity index (χ4v) is 3.23. The molecule has 2 aromatic carbocycles. The lowest BCUT2D eigenvalue weighted by molar-refractivity contribution is -0.137. The van der Waals surface area contributed by atoms with Gasteiger partial charge in [-0.2, -0.15) is 0 Å². The van der Waals surface area contributed by atoms with E-state index in [1.54, 1.807) is 6.07 Å². The van der Waals surface area contributed by atoms with Crippen molar-refractivity contribution < 1.29 is 33.3 Å². The lowest BCUT2D eigenvalue weighted by Gasteiger charge is -2.30. The molecule has 1 N–H and O–H groups in total. The molecule has 156 valence electrons. The molecule has 0 radical (unpaired) electrons. The molecule has 0 bridgehead atoms. The molecule has 2 aromatic rings. The van der Waals surface area contributed by atoms with Crippen molar-refractivity contribution in [3.63, 3.8) is 0 Å². The minimum atomic E-state index is -0.837. The van der Waals surface area contributed by atoms with Crippen LogP contribution in [-0.4, -0.2) is 38.4 Å². The van der Waals surface area contributed by atoms with Crippen LogP contribution in [0.5, 0.6) is 11.5 Å². The van der Waals surface area contributed by atoms with Gasteiger partial charge in [-0.15, -0.1) is 0 Å². The van der Waals surface area contributed by atoms with Crippen molar-refractivity contribution in [2.24, 2.45) is 0 Å². The number of carbonyl (C=O) groups excluding carboxylic acids is 2. The normalized spacial score (nSPS) is 13.9. The molecular formula is C22H20FNO6. The summed E-state index contributed by atoms with van der Waals surface area (Å²) in [5.41, 5.74) is 1.34. The van der Waals surface area contributed by atoms with E-state index in [1.807, 2.05) is 0 Å². The number of hydrogen-bond acceptors (Lipinski definition) is 7. The highest BCUT2D eigenvalue weighted by molar-refractivity contribution is 6.00. The van der Waals surface area contributed by atoms with E-state index in [-0.39, 0.29) is 22.6 Å². The van der Waals surface area contributed by atoms with E-state index >= 15 is 0 Å². The number of halogens is 1. The summed E-state index contributed by atoms with van der Waals surface area (Å²) in [5, 5.41) is 9.91. The number of benzene rings is 2. The standard InChI is InChI=1S/C22H20FNO6/c1-28-19-10-13(4-9-18(19)25)20-16(21(26)29-2)11-24(12-17(20)22(27)30-3)15-7-5-14(23)6-8-15/h4-12,20,25H,1-3H3. The first-order valence-electron chi connectivity index (χ1n) is 8.90. The number of aromatic hydroxyl groups is 1. The average molecular weight is 413 g/mol. The highest BCUT2D eigenvalue weighted by atomic mass is 19.1. The molecule has 0 saturated carbocycles. The molecule has 1 heterocycles. The lowest BCUT2D eigenvalue weighted by atomic mass is 9.83. The molecule has 0 aromatic heterocycles. The number of methoxy groups -OCH3 is 3. The maximum absolute atomic E-state index is 13.3. The van der Waals surface area contributed by atoms with Gasteiger partial charge in [-0.25, -0.2) is 14.0 Å². The van der Waals surface area contributed by atoms with E-state index < -0.39 is 23.7 Å². The zero-order valence-corrected chi connectivity index (χ0v) is 16.6. The Morgan fingerprint density at radius 2 is 1.50 bits per heavy atom. The van der Waals surface area contributed by atoms with E-state index in [1.165, 1.54) is 75.0 Å².